The molecule has 2 N–H and O–H groups in total. The molecule has 8 heteroatoms. The summed E-state index contributed by atoms with van der Waals surface area (Å²) in [6.07, 6.45) is 8.94. The molecule has 154 valence electrons. The normalized spacial score (nSPS) is 16.4. The van der Waals surface area contributed by atoms with Crippen molar-refractivity contribution in [1.82, 2.24) is 9.88 Å². The molecule has 2 heterocycles. The molecular formula is C20H29FN4OS2. The fourth-order valence-corrected chi connectivity index (χ4v) is 4.63. The van der Waals surface area contributed by atoms with Crippen LogP contribution in [0, 0.1) is 5.82 Å². The van der Waals surface area contributed by atoms with Gasteiger partial charge in [0.1, 0.15) is 18.2 Å². The lowest BCUT2D eigenvalue weighted by Gasteiger charge is -2.29. The summed E-state index contributed by atoms with van der Waals surface area (Å²) in [5, 5.41) is 5.70. The number of fused-ring (bicyclic) bond motifs is 1. The second kappa shape index (κ2) is 10.9. The number of halogens is 1. The molecule has 1 aliphatic heterocycles. The van der Waals surface area contributed by atoms with Gasteiger partial charge in [-0.3, -0.25) is 0 Å². The molecule has 2 aromatic rings. The van der Waals surface area contributed by atoms with Crippen molar-refractivity contribution in [3.05, 3.63) is 29.5 Å². The average molecular weight is 425 g/mol. The first-order chi connectivity index (χ1) is 13.7. The Balaban J connectivity index is 0.000000192. The standard InChI is InChI=1S/C11H10FN3OS2.C9H19N/c12-7-5-8-9(16-3-1-13-8)6-10(7)18-15-11-14-2-4-17-11;1-3-10(2)9-7-5-4-6-8-9/h2,4-6,13H,1,3H2,(H,14,15);9H,3-8H2,1-2H3. The lowest BCUT2D eigenvalue weighted by Crippen LogP contribution is -2.32. The molecule has 0 bridgehead atoms. The van der Waals surface area contributed by atoms with Crippen LogP contribution in [0.4, 0.5) is 15.2 Å². The predicted octanol–water partition coefficient (Wildman–Crippen LogP) is 5.48. The minimum absolute atomic E-state index is 0.277. The molecule has 0 atom stereocenters. The lowest BCUT2D eigenvalue weighted by atomic mass is 9.95. The van der Waals surface area contributed by atoms with Crippen LogP contribution in [0.25, 0.3) is 0 Å². The molecule has 5 nitrogen and oxygen atoms in total. The zero-order valence-electron chi connectivity index (χ0n) is 16.5. The largest absolute Gasteiger partial charge is 0.490 e. The Morgan fingerprint density at radius 3 is 2.89 bits per heavy atom. The molecule has 1 aliphatic carbocycles. The summed E-state index contributed by atoms with van der Waals surface area (Å²) in [6.45, 7) is 4.76. The highest BCUT2D eigenvalue weighted by atomic mass is 32.2. The van der Waals surface area contributed by atoms with Gasteiger partial charge in [0.25, 0.3) is 0 Å². The number of ether oxygens (including phenoxy) is 1. The van der Waals surface area contributed by atoms with Crippen LogP contribution in [0.1, 0.15) is 39.0 Å². The third-order valence-electron chi connectivity index (χ3n) is 5.09. The zero-order valence-corrected chi connectivity index (χ0v) is 18.2. The van der Waals surface area contributed by atoms with Gasteiger partial charge in [-0.15, -0.1) is 11.3 Å². The van der Waals surface area contributed by atoms with E-state index >= 15 is 0 Å². The Morgan fingerprint density at radius 2 is 2.18 bits per heavy atom. The molecule has 0 spiro atoms. The van der Waals surface area contributed by atoms with Crippen molar-refractivity contribution >= 4 is 34.1 Å². The first kappa shape index (κ1) is 21.2. The first-order valence-electron chi connectivity index (χ1n) is 9.90. The summed E-state index contributed by atoms with van der Waals surface area (Å²) in [4.78, 5) is 7.05. The minimum Gasteiger partial charge on any atom is -0.490 e. The first-order valence-corrected chi connectivity index (χ1v) is 11.6. The van der Waals surface area contributed by atoms with Gasteiger partial charge in [-0.1, -0.05) is 26.2 Å². The SMILES string of the molecule is CCN(C)C1CCCCC1.Fc1cc2c(cc1SNc1nccs1)OCCN2. The Morgan fingerprint density at radius 1 is 1.36 bits per heavy atom. The monoisotopic (exact) mass is 424 g/mol. The van der Waals surface area contributed by atoms with E-state index in [1.165, 1.54) is 68.0 Å². The van der Waals surface area contributed by atoms with E-state index in [-0.39, 0.29) is 5.82 Å². The highest BCUT2D eigenvalue weighted by Gasteiger charge is 2.16. The smallest absolute Gasteiger partial charge is 0.192 e. The predicted molar refractivity (Wildman–Crippen MR) is 117 cm³/mol. The van der Waals surface area contributed by atoms with E-state index in [4.69, 9.17) is 4.74 Å². The number of thiazole rings is 1. The number of anilines is 2. The van der Waals surface area contributed by atoms with E-state index in [0.717, 1.165) is 11.2 Å². The quantitative estimate of drug-likeness (QED) is 0.620. The number of rotatable bonds is 5. The molecule has 2 aliphatic rings. The molecular weight excluding hydrogens is 395 g/mol. The summed E-state index contributed by atoms with van der Waals surface area (Å²) in [5.74, 6) is 0.409. The topological polar surface area (TPSA) is 49.4 Å². The van der Waals surface area contributed by atoms with Gasteiger partial charge in [-0.2, -0.15) is 0 Å². The van der Waals surface area contributed by atoms with Gasteiger partial charge in [0.15, 0.2) is 5.13 Å². The van der Waals surface area contributed by atoms with Crippen LogP contribution in [-0.2, 0) is 0 Å². The van der Waals surface area contributed by atoms with E-state index < -0.39 is 0 Å². The number of hydrogen-bond donors (Lipinski definition) is 2. The third kappa shape index (κ3) is 5.99. The maximum atomic E-state index is 13.8. The summed E-state index contributed by atoms with van der Waals surface area (Å²) < 4.78 is 22.3. The van der Waals surface area contributed by atoms with Crippen molar-refractivity contribution in [1.29, 1.82) is 0 Å². The average Bonchev–Trinajstić information content (AvgIpc) is 3.26. The van der Waals surface area contributed by atoms with Crippen LogP contribution in [-0.4, -0.2) is 42.7 Å². The van der Waals surface area contributed by atoms with Crippen LogP contribution in [0.2, 0.25) is 0 Å². The van der Waals surface area contributed by atoms with Gasteiger partial charge < -0.3 is 19.7 Å². The van der Waals surface area contributed by atoms with Crippen LogP contribution in [0.5, 0.6) is 5.75 Å². The van der Waals surface area contributed by atoms with E-state index in [0.29, 0.717) is 29.5 Å². The number of nitrogens with one attached hydrogen (secondary N) is 2. The molecule has 1 aromatic heterocycles. The Labute approximate surface area is 175 Å². The zero-order chi connectivity index (χ0) is 19.8. The summed E-state index contributed by atoms with van der Waals surface area (Å²) in [6, 6.07) is 4.06. The van der Waals surface area contributed by atoms with Crippen LogP contribution in [0.3, 0.4) is 0 Å². The molecule has 0 radical (unpaired) electrons. The van der Waals surface area contributed by atoms with Gasteiger partial charge in [-0.25, -0.2) is 9.37 Å². The van der Waals surface area contributed by atoms with Crippen molar-refractivity contribution in [2.24, 2.45) is 0 Å². The lowest BCUT2D eigenvalue weighted by molar-refractivity contribution is 0.200. The van der Waals surface area contributed by atoms with E-state index in [1.807, 2.05) is 5.38 Å². The van der Waals surface area contributed by atoms with Gasteiger partial charge in [0.2, 0.25) is 0 Å². The van der Waals surface area contributed by atoms with Crippen molar-refractivity contribution in [3.8, 4) is 5.75 Å². The molecule has 0 amide bonds. The molecule has 1 aromatic carbocycles. The number of nitrogens with zero attached hydrogens (tertiary/aromatic N) is 2. The minimum atomic E-state index is -0.277. The van der Waals surface area contributed by atoms with E-state index in [2.05, 4.69) is 33.9 Å². The van der Waals surface area contributed by atoms with Gasteiger partial charge in [0.05, 0.1) is 10.6 Å². The van der Waals surface area contributed by atoms with Crippen molar-refractivity contribution in [2.45, 2.75) is 50.0 Å². The fourth-order valence-electron chi connectivity index (χ4n) is 3.37. The molecule has 1 fully saturated rings. The van der Waals surface area contributed by atoms with E-state index in [9.17, 15) is 4.39 Å². The van der Waals surface area contributed by atoms with E-state index in [1.54, 1.807) is 12.3 Å². The third-order valence-corrected chi connectivity index (χ3v) is 6.73. The summed E-state index contributed by atoms with van der Waals surface area (Å²) >= 11 is 2.66. The molecule has 0 saturated heterocycles. The fraction of sp³-hybridized carbons (Fsp3) is 0.550. The second-order valence-corrected chi connectivity index (χ2v) is 8.70. The van der Waals surface area contributed by atoms with Gasteiger partial charge in [-0.05, 0) is 38.4 Å². The molecule has 0 unspecified atom stereocenters. The number of benzene rings is 1. The Kier molecular flexibility index (Phi) is 8.24. The van der Waals surface area contributed by atoms with Crippen LogP contribution in [0.15, 0.2) is 28.6 Å². The maximum Gasteiger partial charge on any atom is 0.192 e. The Hall–Kier alpha value is -1.51. The highest BCUT2D eigenvalue weighted by Crippen LogP contribution is 2.35. The van der Waals surface area contributed by atoms with Crippen molar-refractivity contribution in [3.63, 3.8) is 0 Å². The Bertz CT molecular complexity index is 723. The van der Waals surface area contributed by atoms with Crippen LogP contribution < -0.4 is 14.8 Å². The molecule has 4 rings (SSSR count). The second-order valence-electron chi connectivity index (χ2n) is 6.96. The van der Waals surface area contributed by atoms with Crippen LogP contribution >= 0.6 is 23.3 Å². The molecule has 28 heavy (non-hydrogen) atoms. The number of hydrogen-bond acceptors (Lipinski definition) is 7. The van der Waals surface area contributed by atoms with Crippen molar-refractivity contribution < 1.29 is 9.13 Å². The van der Waals surface area contributed by atoms with Gasteiger partial charge >= 0.3 is 0 Å². The molecule has 1 saturated carbocycles. The summed E-state index contributed by atoms with van der Waals surface area (Å²) in [7, 11) is 2.25. The highest BCUT2D eigenvalue weighted by molar-refractivity contribution is 8.00. The van der Waals surface area contributed by atoms with Gasteiger partial charge in [0, 0.05) is 36.3 Å². The number of aromatic nitrogens is 1. The van der Waals surface area contributed by atoms with Crippen molar-refractivity contribution in [2.75, 3.05) is 36.8 Å². The maximum absolute atomic E-state index is 13.8. The summed E-state index contributed by atoms with van der Waals surface area (Å²) in [5.41, 5.74) is 0.706.